The maximum atomic E-state index is 12.4. The van der Waals surface area contributed by atoms with Crippen LogP contribution in [0, 0.1) is 0 Å². The first-order valence-corrected chi connectivity index (χ1v) is 6.96. The van der Waals surface area contributed by atoms with E-state index in [1.807, 2.05) is 48.5 Å². The number of aromatic amines is 1. The summed E-state index contributed by atoms with van der Waals surface area (Å²) in [7, 11) is 0. The Labute approximate surface area is 139 Å². The molecule has 120 valence electrons. The Morgan fingerprint density at radius 2 is 1.91 bits per heavy atom. The average molecular weight is 334 g/mol. The molecular weight excluding hydrogens is 317 g/mol. The number of nitrogens with zero attached hydrogens (tertiary/aromatic N) is 1. The summed E-state index contributed by atoms with van der Waals surface area (Å²) in [5.41, 5.74) is 8.69. The largest absolute Gasteiger partial charge is 0.489 e. The molecule has 3 aromatic rings. The fourth-order valence-corrected chi connectivity index (χ4v) is 2.11. The van der Waals surface area contributed by atoms with Crippen LogP contribution in [0.2, 0.25) is 0 Å². The molecule has 23 heavy (non-hydrogen) atoms. The third kappa shape index (κ3) is 3.88. The number of ether oxygens (including phenoxy) is 1. The van der Waals surface area contributed by atoms with Crippen molar-refractivity contribution in [1.82, 2.24) is 9.97 Å². The molecule has 3 N–H and O–H groups in total. The lowest BCUT2D eigenvalue weighted by Crippen LogP contribution is -2.10. The predicted octanol–water partition coefficient (Wildman–Crippen LogP) is 3.84. The maximum absolute atomic E-state index is 12.4. The average Bonchev–Trinajstić information content (AvgIpc) is 3.00. The summed E-state index contributed by atoms with van der Waals surface area (Å²) in [5.74, 6) is 1.46. The van der Waals surface area contributed by atoms with Gasteiger partial charge < -0.3 is 15.5 Å². The van der Waals surface area contributed by atoms with Crippen LogP contribution in [0.4, 0.5) is 4.39 Å². The summed E-state index contributed by atoms with van der Waals surface area (Å²) < 4.78 is 17.9. The molecule has 0 bridgehead atoms. The number of aromatic nitrogens is 2. The molecule has 6 heteroatoms. The molecule has 0 amide bonds. The second-order valence-corrected chi connectivity index (χ2v) is 4.89. The van der Waals surface area contributed by atoms with Crippen LogP contribution in [-0.4, -0.2) is 23.1 Å². The van der Waals surface area contributed by atoms with Gasteiger partial charge in [0.25, 0.3) is 0 Å². The lowest BCUT2D eigenvalue weighted by atomic mass is 10.2. The van der Waals surface area contributed by atoms with Crippen molar-refractivity contribution in [3.05, 3.63) is 60.4 Å². The number of nitrogens with two attached hydrogens (primary N) is 1. The van der Waals surface area contributed by atoms with Crippen LogP contribution in [0.15, 0.2) is 60.4 Å². The summed E-state index contributed by atoms with van der Waals surface area (Å²) in [4.78, 5) is 7.81. The number of halogens is 2. The number of fused-ring (bicyclic) bond motifs is 1. The van der Waals surface area contributed by atoms with E-state index >= 15 is 0 Å². The SMILES string of the molecule is Cl.NC/C(=C/F)COc1ccc(-c2nc3ccccc3[nH]2)cc1. The lowest BCUT2D eigenvalue weighted by Gasteiger charge is -2.07. The van der Waals surface area contributed by atoms with E-state index < -0.39 is 0 Å². The third-order valence-electron chi connectivity index (χ3n) is 3.36. The summed E-state index contributed by atoms with van der Waals surface area (Å²) >= 11 is 0. The highest BCUT2D eigenvalue weighted by Gasteiger charge is 2.05. The Hall–Kier alpha value is -2.37. The van der Waals surface area contributed by atoms with Gasteiger partial charge in [-0.25, -0.2) is 9.37 Å². The molecule has 0 saturated heterocycles. The van der Waals surface area contributed by atoms with Crippen molar-refractivity contribution in [2.45, 2.75) is 0 Å². The van der Waals surface area contributed by atoms with E-state index in [1.54, 1.807) is 0 Å². The summed E-state index contributed by atoms with van der Waals surface area (Å²) in [5, 5.41) is 0. The fraction of sp³-hybridized carbons (Fsp3) is 0.118. The van der Waals surface area contributed by atoms with E-state index in [0.29, 0.717) is 17.7 Å². The van der Waals surface area contributed by atoms with Crippen molar-refractivity contribution in [1.29, 1.82) is 0 Å². The van der Waals surface area contributed by atoms with E-state index in [9.17, 15) is 4.39 Å². The molecule has 0 spiro atoms. The Balaban J connectivity index is 0.00000192. The second-order valence-electron chi connectivity index (χ2n) is 4.89. The highest BCUT2D eigenvalue weighted by molar-refractivity contribution is 5.85. The van der Waals surface area contributed by atoms with Gasteiger partial charge in [0.2, 0.25) is 0 Å². The van der Waals surface area contributed by atoms with Gasteiger partial charge in [0.05, 0.1) is 17.4 Å². The van der Waals surface area contributed by atoms with E-state index in [4.69, 9.17) is 10.5 Å². The van der Waals surface area contributed by atoms with Gasteiger partial charge in [0.15, 0.2) is 0 Å². The van der Waals surface area contributed by atoms with Crippen LogP contribution < -0.4 is 10.5 Å². The molecule has 0 aliphatic carbocycles. The molecular formula is C17H17ClFN3O. The molecule has 0 radical (unpaired) electrons. The maximum Gasteiger partial charge on any atom is 0.138 e. The van der Waals surface area contributed by atoms with Crippen molar-refractivity contribution < 1.29 is 9.13 Å². The zero-order chi connectivity index (χ0) is 15.4. The van der Waals surface area contributed by atoms with Gasteiger partial charge in [0.1, 0.15) is 18.2 Å². The van der Waals surface area contributed by atoms with E-state index in [2.05, 4.69) is 9.97 Å². The Bertz CT molecular complexity index is 766. The number of imidazole rings is 1. The number of benzene rings is 2. The minimum atomic E-state index is 0. The van der Waals surface area contributed by atoms with Crippen molar-refractivity contribution in [3.63, 3.8) is 0 Å². The molecule has 1 heterocycles. The Morgan fingerprint density at radius 1 is 1.17 bits per heavy atom. The number of nitrogens with one attached hydrogen (secondary N) is 1. The normalized spacial score (nSPS) is 11.3. The zero-order valence-electron chi connectivity index (χ0n) is 12.3. The Kier molecular flexibility index (Phi) is 5.73. The monoisotopic (exact) mass is 333 g/mol. The summed E-state index contributed by atoms with van der Waals surface area (Å²) in [6.45, 7) is 0.296. The van der Waals surface area contributed by atoms with Crippen molar-refractivity contribution in [3.8, 4) is 17.1 Å². The molecule has 0 saturated carbocycles. The molecule has 1 aromatic heterocycles. The predicted molar refractivity (Wildman–Crippen MR) is 92.5 cm³/mol. The second kappa shape index (κ2) is 7.76. The van der Waals surface area contributed by atoms with E-state index in [-0.39, 0.29) is 25.6 Å². The molecule has 2 aromatic carbocycles. The topological polar surface area (TPSA) is 63.9 Å². The van der Waals surface area contributed by atoms with Crippen molar-refractivity contribution in [2.24, 2.45) is 5.73 Å². The fourth-order valence-electron chi connectivity index (χ4n) is 2.11. The number of H-pyrrole nitrogens is 1. The van der Waals surface area contributed by atoms with Gasteiger partial charge >= 0.3 is 0 Å². The number of para-hydroxylation sites is 2. The molecule has 0 aliphatic heterocycles. The minimum absolute atomic E-state index is 0. The van der Waals surface area contributed by atoms with Crippen LogP contribution in [0.3, 0.4) is 0 Å². The van der Waals surface area contributed by atoms with E-state index in [0.717, 1.165) is 22.4 Å². The highest BCUT2D eigenvalue weighted by Crippen LogP contribution is 2.22. The molecule has 4 nitrogen and oxygen atoms in total. The molecule has 0 unspecified atom stereocenters. The van der Waals surface area contributed by atoms with Gasteiger partial charge in [-0.1, -0.05) is 12.1 Å². The zero-order valence-corrected chi connectivity index (χ0v) is 13.1. The third-order valence-corrected chi connectivity index (χ3v) is 3.36. The van der Waals surface area contributed by atoms with Crippen molar-refractivity contribution >= 4 is 23.4 Å². The number of hydrogen-bond acceptors (Lipinski definition) is 3. The highest BCUT2D eigenvalue weighted by atomic mass is 35.5. The standard InChI is InChI=1S/C17H16FN3O.ClH/c18-9-12(10-19)11-22-14-7-5-13(6-8-14)17-20-15-3-1-2-4-16(15)21-17;/h1-9H,10-11,19H2,(H,20,21);1H/b12-9-;. The minimum Gasteiger partial charge on any atom is -0.489 e. The van der Waals surface area contributed by atoms with Crippen LogP contribution in [-0.2, 0) is 0 Å². The van der Waals surface area contributed by atoms with Crippen LogP contribution in [0.1, 0.15) is 0 Å². The summed E-state index contributed by atoms with van der Waals surface area (Å²) in [6.07, 6.45) is 0.489. The van der Waals surface area contributed by atoms with Crippen LogP contribution in [0.5, 0.6) is 5.75 Å². The number of hydrogen-bond donors (Lipinski definition) is 2. The molecule has 0 atom stereocenters. The molecule has 0 fully saturated rings. The first-order chi connectivity index (χ1) is 10.8. The quantitative estimate of drug-likeness (QED) is 0.745. The molecule has 3 rings (SSSR count). The van der Waals surface area contributed by atoms with Gasteiger partial charge in [-0.15, -0.1) is 12.4 Å². The van der Waals surface area contributed by atoms with Gasteiger partial charge in [-0.2, -0.15) is 0 Å². The first-order valence-electron chi connectivity index (χ1n) is 6.96. The molecule has 0 aliphatic rings. The van der Waals surface area contributed by atoms with Crippen molar-refractivity contribution in [2.75, 3.05) is 13.2 Å². The van der Waals surface area contributed by atoms with Crippen LogP contribution in [0.25, 0.3) is 22.4 Å². The lowest BCUT2D eigenvalue weighted by molar-refractivity contribution is 0.347. The van der Waals surface area contributed by atoms with Gasteiger partial charge in [-0.05, 0) is 36.4 Å². The Morgan fingerprint density at radius 3 is 2.57 bits per heavy atom. The number of rotatable bonds is 5. The van der Waals surface area contributed by atoms with Gasteiger partial charge in [-0.3, -0.25) is 0 Å². The smallest absolute Gasteiger partial charge is 0.138 e. The first kappa shape index (κ1) is 17.0. The van der Waals surface area contributed by atoms with E-state index in [1.165, 1.54) is 0 Å². The van der Waals surface area contributed by atoms with Gasteiger partial charge in [0, 0.05) is 17.7 Å². The summed E-state index contributed by atoms with van der Waals surface area (Å²) in [6, 6.07) is 15.4. The van der Waals surface area contributed by atoms with Crippen LogP contribution >= 0.6 is 12.4 Å².